The fraction of sp³-hybridized carbons (Fsp3) is 0.469. The van der Waals surface area contributed by atoms with E-state index in [1.54, 1.807) is 12.1 Å². The van der Waals surface area contributed by atoms with Gasteiger partial charge in [-0.15, -0.1) is 0 Å². The predicted molar refractivity (Wildman–Crippen MR) is 339 cm³/mol. The second-order valence-corrected chi connectivity index (χ2v) is 24.9. The monoisotopic (exact) mass is 1320 g/mol. The van der Waals surface area contributed by atoms with Crippen molar-refractivity contribution in [2.45, 2.75) is 125 Å². The number of aliphatic hydroxyl groups excluding tert-OH is 6. The molecule has 0 bridgehead atoms. The van der Waals surface area contributed by atoms with Gasteiger partial charge >= 0.3 is 11.9 Å². The number of aliphatic hydroxyl groups is 6. The van der Waals surface area contributed by atoms with Gasteiger partial charge in [0, 0.05) is 75.5 Å². The summed E-state index contributed by atoms with van der Waals surface area (Å²) in [7, 11) is 0. The Bertz CT molecular complexity index is 3130. The maximum atomic E-state index is 12.9. The Kier molecular flexibility index (Phi) is 27.1. The summed E-state index contributed by atoms with van der Waals surface area (Å²) in [5.41, 5.74) is 2.01. The van der Waals surface area contributed by atoms with Crippen LogP contribution < -0.4 is 31.9 Å². The minimum absolute atomic E-state index is 0.0337. The Morgan fingerprint density at radius 1 is 0.522 bits per heavy atom. The molecule has 5 aromatic carbocycles. The van der Waals surface area contributed by atoms with Crippen LogP contribution in [0.1, 0.15) is 71.4 Å². The second kappa shape index (κ2) is 34.5. The van der Waals surface area contributed by atoms with Crippen molar-refractivity contribution >= 4 is 92.5 Å². The lowest BCUT2D eigenvalue weighted by atomic mass is 9.88. The highest BCUT2D eigenvalue weighted by Crippen LogP contribution is 2.36. The molecule has 0 radical (unpaired) electrons. The predicted octanol–water partition coefficient (Wildman–Crippen LogP) is 0.765. The average molecular weight is 1320 g/mol. The number of rotatable bonds is 34. The number of carbonyl (C=O) groups is 8. The third kappa shape index (κ3) is 20.3. The van der Waals surface area contributed by atoms with E-state index in [0.29, 0.717) is 58.1 Å². The molecule has 0 aromatic heterocycles. The fourth-order valence-corrected chi connectivity index (χ4v) is 12.2. The number of carboxylic acids is 2. The van der Waals surface area contributed by atoms with Gasteiger partial charge in [-0.2, -0.15) is 23.5 Å². The Hall–Kier alpha value is -7.32. The third-order valence-corrected chi connectivity index (χ3v) is 17.5. The van der Waals surface area contributed by atoms with Crippen LogP contribution in [0.4, 0.5) is 0 Å². The number of ether oxygens (including phenoxy) is 4. The summed E-state index contributed by atoms with van der Waals surface area (Å²) in [4.78, 5) is 101. The molecular formula is C64H80N6O20S2. The molecule has 5 aromatic rings. The van der Waals surface area contributed by atoms with Crippen LogP contribution in [0.3, 0.4) is 0 Å². The van der Waals surface area contributed by atoms with Gasteiger partial charge in [-0.25, -0.2) is 9.59 Å². The molecular weight excluding hydrogens is 1240 g/mol. The van der Waals surface area contributed by atoms with Crippen LogP contribution in [0.5, 0.6) is 0 Å². The molecule has 2 heterocycles. The Morgan fingerprint density at radius 2 is 0.891 bits per heavy atom. The molecule has 12 atom stereocenters. The zero-order valence-electron chi connectivity index (χ0n) is 50.8. The third-order valence-electron chi connectivity index (χ3n) is 15.4. The first-order chi connectivity index (χ1) is 44.0. The summed E-state index contributed by atoms with van der Waals surface area (Å²) in [6.45, 7) is 1.52. The van der Waals surface area contributed by atoms with Crippen molar-refractivity contribution in [1.82, 2.24) is 31.9 Å². The zero-order chi connectivity index (χ0) is 66.5. The molecule has 498 valence electrons. The molecule has 2 saturated heterocycles. The highest BCUT2D eigenvalue weighted by molar-refractivity contribution is 7.99. The van der Waals surface area contributed by atoms with Crippen LogP contribution in [-0.4, -0.2) is 223 Å². The van der Waals surface area contributed by atoms with Crippen molar-refractivity contribution < 1.29 is 98.2 Å². The smallest absolute Gasteiger partial charge is 0.364 e. The Balaban J connectivity index is 0.768. The zero-order valence-corrected chi connectivity index (χ0v) is 52.4. The molecule has 2 unspecified atom stereocenters. The summed E-state index contributed by atoms with van der Waals surface area (Å²) in [5, 5.41) is 107. The molecule has 7 rings (SSSR count). The van der Waals surface area contributed by atoms with Gasteiger partial charge in [0.25, 0.3) is 23.4 Å². The topological polar surface area (TPSA) is 408 Å². The summed E-state index contributed by atoms with van der Waals surface area (Å²) in [5.74, 6) is -9.36. The minimum atomic E-state index is -2.48. The molecule has 26 nitrogen and oxygen atoms in total. The summed E-state index contributed by atoms with van der Waals surface area (Å²) < 4.78 is 23.1. The van der Waals surface area contributed by atoms with Crippen LogP contribution in [-0.2, 0) is 60.6 Å². The maximum Gasteiger partial charge on any atom is 0.364 e. The van der Waals surface area contributed by atoms with E-state index in [1.165, 1.54) is 47.8 Å². The number of aliphatic carboxylic acids is 2. The van der Waals surface area contributed by atoms with Crippen molar-refractivity contribution in [3.05, 3.63) is 131 Å². The van der Waals surface area contributed by atoms with E-state index < -0.39 is 146 Å². The van der Waals surface area contributed by atoms with Gasteiger partial charge in [-0.1, -0.05) is 84.9 Å². The fourth-order valence-electron chi connectivity index (χ4n) is 10.7. The minimum Gasteiger partial charge on any atom is -0.477 e. The number of carbonyl (C=O) groups excluding carboxylic acids is 6. The number of fused-ring (bicyclic) bond motifs is 2. The van der Waals surface area contributed by atoms with Gasteiger partial charge in [-0.05, 0) is 81.3 Å². The van der Waals surface area contributed by atoms with Crippen molar-refractivity contribution in [3.63, 3.8) is 0 Å². The molecule has 0 aliphatic carbocycles. The lowest BCUT2D eigenvalue weighted by molar-refractivity contribution is -0.310. The van der Waals surface area contributed by atoms with Gasteiger partial charge in [0.2, 0.25) is 23.6 Å². The number of amides is 6. The molecule has 2 aliphatic heterocycles. The van der Waals surface area contributed by atoms with E-state index in [4.69, 9.17) is 18.9 Å². The van der Waals surface area contributed by atoms with Crippen LogP contribution >= 0.6 is 23.5 Å². The first-order valence-corrected chi connectivity index (χ1v) is 32.3. The summed E-state index contributed by atoms with van der Waals surface area (Å²) >= 11 is 2.85. The largest absolute Gasteiger partial charge is 0.477 e. The first kappa shape index (κ1) is 72.1. The quantitative estimate of drug-likeness (QED) is 0.0253. The van der Waals surface area contributed by atoms with Gasteiger partial charge in [0.1, 0.15) is 24.4 Å². The first-order valence-electron chi connectivity index (χ1n) is 30.0. The molecule has 2 fully saturated rings. The van der Waals surface area contributed by atoms with Crippen molar-refractivity contribution in [3.8, 4) is 0 Å². The second-order valence-electron chi connectivity index (χ2n) is 22.4. The number of nitrogens with one attached hydrogen (secondary N) is 6. The van der Waals surface area contributed by atoms with Gasteiger partial charge < -0.3 is 91.7 Å². The normalized spacial score (nSPS) is 22.7. The molecule has 0 spiro atoms. The van der Waals surface area contributed by atoms with E-state index in [0.717, 1.165) is 35.4 Å². The number of benzene rings is 5. The van der Waals surface area contributed by atoms with Crippen LogP contribution in [0.25, 0.3) is 21.5 Å². The molecule has 92 heavy (non-hydrogen) atoms. The van der Waals surface area contributed by atoms with E-state index in [-0.39, 0.29) is 39.1 Å². The van der Waals surface area contributed by atoms with Gasteiger partial charge in [-0.3, -0.25) is 28.8 Å². The highest BCUT2D eigenvalue weighted by atomic mass is 32.2. The SMILES string of the molecule is CC(=O)N[C@@H]1[C@@H](O)C[C@](OCCCSCCNC(=O)c2ccc(C(=O)NCCSCCCO[C@]3(C(=O)O)C[C@H](O)[C@@H](NC(C)=O)[C@H](C(O)[C@H](O)CNC(=O)Cc4ccc5ccccc5c4)O3)cc2)(C(=O)O)O[C@H]1C(O)[C@H](O)CNC(=O)Cc1ccc2ccccc2c1. The lowest BCUT2D eigenvalue weighted by Crippen LogP contribution is -2.68. The highest BCUT2D eigenvalue weighted by Gasteiger charge is 2.57. The van der Waals surface area contributed by atoms with Crippen LogP contribution in [0.15, 0.2) is 109 Å². The standard InChI is InChI=1S/C64H80N6O20S2/c1-37(71)69-53-47(73)33-63(61(83)84,89-57(53)55(79)49(75)35-67-51(77)31-39-13-15-41-9-3-5-11-45(41)29-39)87-23-7-25-91-27-21-65-59(81)43-17-19-44(20-18-43)60(82)66-22-28-92-26-8-24-88-64(62(85)86)34-48(74)54(70-38(2)72)58(90-64)56(80)50(76)36-68-52(78)32-40-14-16-42-10-4-6-12-46(42)30-40/h3-6,9-20,29-30,47-50,53-58,73-76,79-80H,7-8,21-28,31-36H2,1-2H3,(H,65,81)(H,66,82)(H,67,77)(H,68,78)(H,69,71)(H,70,72)(H,83,84)(H,85,86)/t47-,48-,49+,50+,53+,54+,55?,56?,57+,58+,63+,64+/m0/s1. The van der Waals surface area contributed by atoms with Gasteiger partial charge in [0.05, 0.1) is 62.6 Å². The van der Waals surface area contributed by atoms with E-state index >= 15 is 0 Å². The van der Waals surface area contributed by atoms with Crippen molar-refractivity contribution in [2.75, 3.05) is 62.4 Å². The number of hydrogen-bond donors (Lipinski definition) is 14. The molecule has 14 N–H and O–H groups in total. The van der Waals surface area contributed by atoms with Gasteiger partial charge in [0.15, 0.2) is 0 Å². The van der Waals surface area contributed by atoms with Crippen molar-refractivity contribution in [2.24, 2.45) is 0 Å². The number of carboxylic acid groups (broad SMARTS) is 2. The van der Waals surface area contributed by atoms with Crippen LogP contribution in [0, 0.1) is 0 Å². The lowest BCUT2D eigenvalue weighted by Gasteiger charge is -2.46. The van der Waals surface area contributed by atoms with E-state index in [1.807, 2.05) is 72.8 Å². The molecule has 28 heteroatoms. The Morgan fingerprint density at radius 3 is 1.25 bits per heavy atom. The summed E-state index contributed by atoms with van der Waals surface area (Å²) in [6.07, 6.45) is -14.6. The maximum absolute atomic E-state index is 12.9. The van der Waals surface area contributed by atoms with Crippen molar-refractivity contribution in [1.29, 1.82) is 0 Å². The van der Waals surface area contributed by atoms with E-state index in [2.05, 4.69) is 31.9 Å². The van der Waals surface area contributed by atoms with E-state index in [9.17, 15) is 79.2 Å². The number of thioether (sulfide) groups is 2. The average Bonchev–Trinajstić information content (AvgIpc) is 0.780. The molecule has 2 aliphatic rings. The Labute approximate surface area is 538 Å². The van der Waals surface area contributed by atoms with Crippen LogP contribution in [0.2, 0.25) is 0 Å². The number of hydrogen-bond acceptors (Lipinski definition) is 20. The molecule has 0 saturated carbocycles. The summed E-state index contributed by atoms with van der Waals surface area (Å²) in [6, 6.07) is 29.6. The molecule has 6 amide bonds.